The molecule has 0 aliphatic rings. The summed E-state index contributed by atoms with van der Waals surface area (Å²) in [5, 5.41) is 0. The van der Waals surface area contributed by atoms with Crippen LogP contribution in [0.1, 0.15) is 178 Å². The first kappa shape index (κ1) is 51.1. The zero-order chi connectivity index (χ0) is 40.0. The fraction of sp³-hybridized carbons (Fsp3) is 0.750. The third-order valence-electron chi connectivity index (χ3n) is 13.4. The first-order valence-corrected chi connectivity index (χ1v) is 50.7. The van der Waals surface area contributed by atoms with E-state index >= 15 is 0 Å². The molecule has 0 aromatic carbocycles. The van der Waals surface area contributed by atoms with Crippen molar-refractivity contribution in [2.24, 2.45) is 0 Å². The van der Waals surface area contributed by atoms with Gasteiger partial charge in [-0.25, -0.2) is 0 Å². The minimum atomic E-state index is -2.51. The van der Waals surface area contributed by atoms with Crippen LogP contribution >= 0.6 is 34.0 Å². The minimum absolute atomic E-state index is 1.37. The fourth-order valence-electron chi connectivity index (χ4n) is 9.67. The molecular weight excluding hydrogens is 1060 g/mol. The summed E-state index contributed by atoms with van der Waals surface area (Å²) < 4.78 is 25.8. The normalized spacial score (nSPS) is 12.8. The molecule has 3 rings (SSSR count). The average Bonchev–Trinajstić information content (AvgIpc) is 4.01. The summed E-state index contributed by atoms with van der Waals surface area (Å²) in [5.41, 5.74) is 0. The summed E-state index contributed by atoms with van der Waals surface area (Å²) in [7, 11) is -1.55. The van der Waals surface area contributed by atoms with E-state index in [1.165, 1.54) is 116 Å². The standard InChI is InChI=1S/C12H7S3Si.9C4H9.3Sn/c1-4-10(13-7-1)16(11-5-2-8-14-11)12-6-3-9-15-12;9*1-3-4-2;;;/h1-6,16H;9*1,3-4H2,2H3;;;. The Morgan fingerprint density at radius 2 is 0.491 bits per heavy atom. The van der Waals surface area contributed by atoms with Crippen molar-refractivity contribution in [3.05, 3.63) is 36.4 Å². The Labute approximate surface area is 369 Å². The van der Waals surface area contributed by atoms with Gasteiger partial charge in [-0.3, -0.25) is 0 Å². The summed E-state index contributed by atoms with van der Waals surface area (Å²) in [6.07, 6.45) is 25.5. The van der Waals surface area contributed by atoms with Crippen molar-refractivity contribution in [3.8, 4) is 0 Å². The molecule has 55 heavy (non-hydrogen) atoms. The number of hydrogen-bond donors (Lipinski definition) is 0. The number of thiophene rings is 3. The summed E-state index contributed by atoms with van der Waals surface area (Å²) in [6, 6.07) is 16.6. The first-order chi connectivity index (χ1) is 26.8. The van der Waals surface area contributed by atoms with Crippen LogP contribution in [0.15, 0.2) is 36.4 Å². The number of unbranched alkanes of at least 4 members (excludes halogenated alkanes) is 9. The maximum absolute atomic E-state index is 2.78. The Morgan fingerprint density at radius 3 is 0.655 bits per heavy atom. The van der Waals surface area contributed by atoms with Crippen LogP contribution in [0, 0.1) is 0 Å². The third-order valence-corrected chi connectivity index (χ3v) is 76.4. The Kier molecular flexibility index (Phi) is 26.3. The van der Waals surface area contributed by atoms with Gasteiger partial charge in [0.15, 0.2) is 0 Å². The van der Waals surface area contributed by atoms with Gasteiger partial charge < -0.3 is 0 Å². The predicted molar refractivity (Wildman–Crippen MR) is 273 cm³/mol. The molecule has 0 nitrogen and oxygen atoms in total. The van der Waals surface area contributed by atoms with Gasteiger partial charge in [0.1, 0.15) is 0 Å². The van der Waals surface area contributed by atoms with Gasteiger partial charge in [0.25, 0.3) is 0 Å². The van der Waals surface area contributed by atoms with Crippen LogP contribution in [-0.4, -0.2) is 63.9 Å². The average molecular weight is 1150 g/mol. The van der Waals surface area contributed by atoms with Crippen molar-refractivity contribution >= 4 is 120 Å². The number of rotatable bonds is 33. The van der Waals surface area contributed by atoms with E-state index in [9.17, 15) is 0 Å². The van der Waals surface area contributed by atoms with E-state index in [1.807, 2.05) is 22.2 Å². The monoisotopic (exact) mass is 1150 g/mol. The van der Waals surface area contributed by atoms with E-state index in [-0.39, 0.29) is 0 Å². The van der Waals surface area contributed by atoms with E-state index in [2.05, 4.69) is 133 Å². The molecule has 7 heteroatoms. The second-order valence-corrected chi connectivity index (χ2v) is 67.6. The third kappa shape index (κ3) is 14.9. The SMILES string of the molecule is CCC[CH2][Sn]([CH2]CCC)([CH2]CCC)[c]1ccc([SiH](c2cc[c]([Sn]([CH2]CCC)([CH2]CCC)[CH2]CCC)s2)c2cc[c]([Sn]([CH2]CCC)([CH2]CCC)[CH2]CCC)s2)s1. The van der Waals surface area contributed by atoms with Gasteiger partial charge in [-0.05, 0) is 0 Å². The molecule has 0 atom stereocenters. The van der Waals surface area contributed by atoms with Gasteiger partial charge in [-0.1, -0.05) is 0 Å². The second-order valence-electron chi connectivity index (χ2n) is 17.8. The van der Waals surface area contributed by atoms with Crippen LogP contribution in [0.25, 0.3) is 0 Å². The summed E-state index contributed by atoms with van der Waals surface area (Å²) in [5.74, 6) is 0. The van der Waals surface area contributed by atoms with E-state index < -0.39 is 63.9 Å². The van der Waals surface area contributed by atoms with Crippen LogP contribution in [0.4, 0.5) is 0 Å². The Bertz CT molecular complexity index is 1180. The summed E-state index contributed by atoms with van der Waals surface area (Å²) >= 11 is -0.307. The van der Waals surface area contributed by atoms with E-state index in [0.29, 0.717) is 0 Å². The molecule has 314 valence electrons. The van der Waals surface area contributed by atoms with Gasteiger partial charge in [0.2, 0.25) is 0 Å². The van der Waals surface area contributed by atoms with Gasteiger partial charge in [0, 0.05) is 0 Å². The zero-order valence-corrected chi connectivity index (χ0v) is 50.0. The fourth-order valence-corrected chi connectivity index (χ4v) is 79.9. The first-order valence-electron chi connectivity index (χ1n) is 24.1. The van der Waals surface area contributed by atoms with Crippen molar-refractivity contribution in [3.63, 3.8) is 0 Å². The maximum atomic E-state index is 2.78. The Balaban J connectivity index is 2.28. The van der Waals surface area contributed by atoms with Crippen LogP contribution in [0.2, 0.25) is 39.9 Å². The van der Waals surface area contributed by atoms with Crippen molar-refractivity contribution in [2.45, 2.75) is 218 Å². The molecule has 0 saturated carbocycles. The van der Waals surface area contributed by atoms with Crippen LogP contribution in [0.3, 0.4) is 0 Å². The Morgan fingerprint density at radius 1 is 0.309 bits per heavy atom. The van der Waals surface area contributed by atoms with Crippen molar-refractivity contribution < 1.29 is 0 Å². The van der Waals surface area contributed by atoms with Crippen LogP contribution < -0.4 is 22.2 Å². The molecule has 0 unspecified atom stereocenters. The molecule has 0 amide bonds. The molecule has 3 heterocycles. The second kappa shape index (κ2) is 28.3. The molecule has 0 aliphatic heterocycles. The van der Waals surface area contributed by atoms with E-state index in [4.69, 9.17) is 0 Å². The zero-order valence-electron chi connectivity index (χ0n) is 37.9. The van der Waals surface area contributed by atoms with Crippen LogP contribution in [-0.2, 0) is 0 Å². The van der Waals surface area contributed by atoms with Crippen molar-refractivity contribution in [2.75, 3.05) is 0 Å². The molecular formula is C48H88S3SiSn3. The molecule has 0 radical (unpaired) electrons. The van der Waals surface area contributed by atoms with Gasteiger partial charge in [0.05, 0.1) is 0 Å². The summed E-state index contributed by atoms with van der Waals surface area (Å²) in [6.45, 7) is 22.0. The topological polar surface area (TPSA) is 0 Å². The van der Waals surface area contributed by atoms with Gasteiger partial charge >= 0.3 is 374 Å². The molecule has 0 spiro atoms. The molecule has 0 fully saturated rings. The molecule has 0 bridgehead atoms. The van der Waals surface area contributed by atoms with Crippen molar-refractivity contribution in [1.82, 2.24) is 0 Å². The van der Waals surface area contributed by atoms with Gasteiger partial charge in [-0.2, -0.15) is 0 Å². The van der Waals surface area contributed by atoms with Gasteiger partial charge in [-0.15, -0.1) is 0 Å². The molecule has 0 aliphatic carbocycles. The van der Waals surface area contributed by atoms with E-state index in [0.717, 1.165) is 0 Å². The molecule has 0 saturated heterocycles. The Hall–Kier alpha value is 1.71. The summed E-state index contributed by atoms with van der Waals surface area (Å²) in [4.78, 5) is 0. The van der Waals surface area contributed by atoms with Crippen LogP contribution in [0.5, 0.6) is 0 Å². The molecule has 0 N–H and O–H groups in total. The van der Waals surface area contributed by atoms with Crippen molar-refractivity contribution in [1.29, 1.82) is 0 Å². The number of hydrogen-bond acceptors (Lipinski definition) is 3. The molecule has 3 aromatic rings. The van der Waals surface area contributed by atoms with E-state index in [1.54, 1.807) is 39.9 Å². The quantitative estimate of drug-likeness (QED) is 0.0533. The predicted octanol–water partition coefficient (Wildman–Crippen LogP) is 14.3. The molecule has 3 aromatic heterocycles.